The summed E-state index contributed by atoms with van der Waals surface area (Å²) in [5.41, 5.74) is 7.93. The highest BCUT2D eigenvalue weighted by Crippen LogP contribution is 2.42. The van der Waals surface area contributed by atoms with Crippen LogP contribution in [0.5, 0.6) is 0 Å². The van der Waals surface area contributed by atoms with Gasteiger partial charge in [-0.2, -0.15) is 0 Å². The molecule has 0 bridgehead atoms. The Bertz CT molecular complexity index is 806. The third-order valence-electron chi connectivity index (χ3n) is 4.88. The minimum atomic E-state index is 0.478. The molecule has 0 saturated carbocycles. The molecule has 23 heavy (non-hydrogen) atoms. The predicted molar refractivity (Wildman–Crippen MR) is 94.5 cm³/mol. The van der Waals surface area contributed by atoms with E-state index in [0.717, 1.165) is 19.3 Å². The molecule has 1 aromatic heterocycles. The van der Waals surface area contributed by atoms with Gasteiger partial charge in [-0.15, -0.1) is 0 Å². The fraction of sp³-hybridized carbons (Fsp3) is 0.227. The van der Waals surface area contributed by atoms with Gasteiger partial charge in [0.25, 0.3) is 0 Å². The van der Waals surface area contributed by atoms with E-state index in [0.29, 0.717) is 5.92 Å². The lowest BCUT2D eigenvalue weighted by Crippen LogP contribution is -2.04. The Kier molecular flexibility index (Phi) is 3.70. The zero-order chi connectivity index (χ0) is 15.6. The van der Waals surface area contributed by atoms with E-state index in [1.165, 1.54) is 33.5 Å². The highest BCUT2D eigenvalue weighted by Gasteiger charge is 2.29. The fourth-order valence-electron chi connectivity index (χ4n) is 3.82. The van der Waals surface area contributed by atoms with Crippen LogP contribution in [0.1, 0.15) is 41.6 Å². The third-order valence-corrected chi connectivity index (χ3v) is 4.88. The fourth-order valence-corrected chi connectivity index (χ4v) is 3.82. The van der Waals surface area contributed by atoms with E-state index in [2.05, 4.69) is 73.8 Å². The Morgan fingerprint density at radius 3 is 2.39 bits per heavy atom. The molecule has 0 spiro atoms. The molecule has 1 atom stereocenters. The molecule has 0 N–H and O–H groups in total. The van der Waals surface area contributed by atoms with Crippen molar-refractivity contribution in [2.45, 2.75) is 32.1 Å². The third kappa shape index (κ3) is 2.46. The molecule has 1 nitrogen and oxygen atoms in total. The topological polar surface area (TPSA) is 12.9 Å². The Hall–Kier alpha value is -2.41. The average Bonchev–Trinajstić information content (AvgIpc) is 3.06. The molecule has 0 amide bonds. The highest BCUT2D eigenvalue weighted by molar-refractivity contribution is 5.69. The monoisotopic (exact) mass is 298 g/mol. The lowest BCUT2D eigenvalue weighted by molar-refractivity contribution is 0.780. The van der Waals surface area contributed by atoms with E-state index in [1.807, 2.05) is 0 Å². The van der Waals surface area contributed by atoms with Crippen LogP contribution in [0.25, 0.3) is 11.1 Å². The summed E-state index contributed by atoms with van der Waals surface area (Å²) in [6.07, 6.45) is 6.57. The molecule has 0 saturated heterocycles. The van der Waals surface area contributed by atoms with Crippen LogP contribution in [0, 0.1) is 6.20 Å². The van der Waals surface area contributed by atoms with Crippen molar-refractivity contribution >= 4 is 0 Å². The van der Waals surface area contributed by atoms with Crippen molar-refractivity contribution in [3.05, 3.63) is 89.2 Å². The molecule has 113 valence electrons. The second-order valence-electron chi connectivity index (χ2n) is 6.16. The molecule has 1 heteroatoms. The maximum atomic E-state index is 4.69. The molecule has 2 aromatic carbocycles. The smallest absolute Gasteiger partial charge is 0.0977 e. The van der Waals surface area contributed by atoms with Crippen LogP contribution in [-0.4, -0.2) is 4.98 Å². The summed E-state index contributed by atoms with van der Waals surface area (Å²) >= 11 is 0. The SMILES string of the molecule is CCc1c(-c2ccccc2)[c]nc2c1C(c1ccccc1)CC2. The molecule has 1 aliphatic rings. The first-order valence-corrected chi connectivity index (χ1v) is 8.42. The minimum absolute atomic E-state index is 0.478. The predicted octanol–water partition coefficient (Wildman–Crippen LogP) is 5.19. The summed E-state index contributed by atoms with van der Waals surface area (Å²) in [6, 6.07) is 21.4. The Morgan fingerprint density at radius 1 is 1.00 bits per heavy atom. The van der Waals surface area contributed by atoms with Gasteiger partial charge in [0.15, 0.2) is 0 Å². The van der Waals surface area contributed by atoms with Gasteiger partial charge in [-0.05, 0) is 41.5 Å². The molecule has 0 fully saturated rings. The summed E-state index contributed by atoms with van der Waals surface area (Å²) in [5, 5.41) is 0. The van der Waals surface area contributed by atoms with Gasteiger partial charge < -0.3 is 0 Å². The van der Waals surface area contributed by atoms with Crippen LogP contribution < -0.4 is 0 Å². The van der Waals surface area contributed by atoms with Crippen LogP contribution in [0.2, 0.25) is 0 Å². The van der Waals surface area contributed by atoms with Gasteiger partial charge in [-0.25, -0.2) is 0 Å². The number of hydrogen-bond acceptors (Lipinski definition) is 1. The molecular formula is C22H20N. The zero-order valence-electron chi connectivity index (χ0n) is 13.4. The van der Waals surface area contributed by atoms with E-state index < -0.39 is 0 Å². The van der Waals surface area contributed by atoms with Crippen LogP contribution in [0.15, 0.2) is 60.7 Å². The van der Waals surface area contributed by atoms with Crippen LogP contribution in [0.4, 0.5) is 0 Å². The second-order valence-corrected chi connectivity index (χ2v) is 6.16. The van der Waals surface area contributed by atoms with Crippen molar-refractivity contribution in [3.63, 3.8) is 0 Å². The molecule has 1 radical (unpaired) electrons. The van der Waals surface area contributed by atoms with Crippen molar-refractivity contribution in [1.29, 1.82) is 0 Å². The van der Waals surface area contributed by atoms with Gasteiger partial charge in [-0.1, -0.05) is 67.6 Å². The summed E-state index contributed by atoms with van der Waals surface area (Å²) in [6.45, 7) is 2.25. The molecule has 1 aliphatic carbocycles. The molecule has 4 rings (SSSR count). The number of hydrogen-bond donors (Lipinski definition) is 0. The Morgan fingerprint density at radius 2 is 1.70 bits per heavy atom. The largest absolute Gasteiger partial charge is 0.250 e. The van der Waals surface area contributed by atoms with E-state index in [-0.39, 0.29) is 0 Å². The van der Waals surface area contributed by atoms with E-state index in [9.17, 15) is 0 Å². The summed E-state index contributed by atoms with van der Waals surface area (Å²) in [4.78, 5) is 4.69. The molecule has 3 aromatic rings. The van der Waals surface area contributed by atoms with Crippen molar-refractivity contribution in [1.82, 2.24) is 4.98 Å². The van der Waals surface area contributed by atoms with Gasteiger partial charge in [0, 0.05) is 17.2 Å². The summed E-state index contributed by atoms with van der Waals surface area (Å²) < 4.78 is 0. The number of nitrogens with zero attached hydrogens (tertiary/aromatic N) is 1. The van der Waals surface area contributed by atoms with Gasteiger partial charge in [0.05, 0.1) is 6.20 Å². The summed E-state index contributed by atoms with van der Waals surface area (Å²) in [7, 11) is 0. The van der Waals surface area contributed by atoms with Gasteiger partial charge in [0.2, 0.25) is 0 Å². The number of benzene rings is 2. The maximum Gasteiger partial charge on any atom is 0.0977 e. The highest BCUT2D eigenvalue weighted by atomic mass is 14.7. The van der Waals surface area contributed by atoms with Crippen molar-refractivity contribution < 1.29 is 0 Å². The lowest BCUT2D eigenvalue weighted by Gasteiger charge is -2.18. The maximum absolute atomic E-state index is 4.69. The number of rotatable bonds is 3. The Labute approximate surface area is 138 Å². The van der Waals surface area contributed by atoms with Gasteiger partial charge in [0.1, 0.15) is 0 Å². The van der Waals surface area contributed by atoms with Crippen molar-refractivity contribution in [2.75, 3.05) is 0 Å². The normalized spacial score (nSPS) is 16.3. The van der Waals surface area contributed by atoms with Crippen molar-refractivity contribution in [2.24, 2.45) is 0 Å². The van der Waals surface area contributed by atoms with Crippen LogP contribution in [0.3, 0.4) is 0 Å². The van der Waals surface area contributed by atoms with E-state index >= 15 is 0 Å². The Balaban J connectivity index is 1.88. The van der Waals surface area contributed by atoms with Gasteiger partial charge >= 0.3 is 0 Å². The first-order chi connectivity index (χ1) is 11.4. The number of pyridine rings is 1. The number of fused-ring (bicyclic) bond motifs is 1. The van der Waals surface area contributed by atoms with E-state index in [4.69, 9.17) is 4.98 Å². The first-order valence-electron chi connectivity index (χ1n) is 8.42. The van der Waals surface area contributed by atoms with Gasteiger partial charge in [-0.3, -0.25) is 4.98 Å². The quantitative estimate of drug-likeness (QED) is 0.648. The molecular weight excluding hydrogens is 278 g/mol. The average molecular weight is 298 g/mol. The van der Waals surface area contributed by atoms with Crippen molar-refractivity contribution in [3.8, 4) is 11.1 Å². The zero-order valence-corrected chi connectivity index (χ0v) is 13.4. The standard InChI is InChI=1S/C22H20N/c1-2-18-20(17-11-7-4-8-12-17)15-23-21-14-13-19(22(18)21)16-9-5-3-6-10-16/h3-12,19H,2,13-14H2,1H3. The second kappa shape index (κ2) is 6.00. The number of aryl methyl sites for hydroxylation is 1. The number of aromatic nitrogens is 1. The van der Waals surface area contributed by atoms with Crippen LogP contribution >= 0.6 is 0 Å². The summed E-state index contributed by atoms with van der Waals surface area (Å²) in [5.74, 6) is 0.478. The van der Waals surface area contributed by atoms with E-state index in [1.54, 1.807) is 0 Å². The molecule has 1 unspecified atom stereocenters. The van der Waals surface area contributed by atoms with Crippen LogP contribution in [-0.2, 0) is 12.8 Å². The minimum Gasteiger partial charge on any atom is -0.250 e. The molecule has 1 heterocycles. The molecule has 0 aliphatic heterocycles. The first kappa shape index (κ1) is 14.2. The lowest BCUT2D eigenvalue weighted by atomic mass is 9.87.